The first-order chi connectivity index (χ1) is 9.03. The van der Waals surface area contributed by atoms with Crippen LogP contribution in [0.25, 0.3) is 0 Å². The Bertz CT molecular complexity index is 417. The summed E-state index contributed by atoms with van der Waals surface area (Å²) in [4.78, 5) is 29.1. The Kier molecular flexibility index (Phi) is 3.74. The summed E-state index contributed by atoms with van der Waals surface area (Å²) in [6, 6.07) is -0.124. The minimum absolute atomic E-state index is 0.000454. The Hall–Kier alpha value is -0.900. The fraction of sp³-hybridized carbons (Fsp3) is 0.875. The summed E-state index contributed by atoms with van der Waals surface area (Å²) in [5, 5.41) is 0. The number of rotatable bonds is 0. The van der Waals surface area contributed by atoms with E-state index in [1.165, 1.54) is 4.90 Å². The molecule has 2 unspecified atom stereocenters. The van der Waals surface area contributed by atoms with Crippen LogP contribution in [0.1, 0.15) is 60.8 Å². The summed E-state index contributed by atoms with van der Waals surface area (Å²) < 4.78 is 0. The normalized spacial score (nSPS) is 29.6. The van der Waals surface area contributed by atoms with E-state index in [1.54, 1.807) is 0 Å². The molecule has 0 aromatic carbocycles. The molecule has 0 radical (unpaired) electrons. The summed E-state index contributed by atoms with van der Waals surface area (Å²) in [6.07, 6.45) is 2.58. The third-order valence-corrected chi connectivity index (χ3v) is 4.45. The second kappa shape index (κ2) is 4.83. The van der Waals surface area contributed by atoms with Gasteiger partial charge in [0.05, 0.1) is 6.04 Å². The fourth-order valence-electron chi connectivity index (χ4n) is 3.65. The molecule has 0 aromatic rings. The maximum Gasteiger partial charge on any atom is 0.247 e. The van der Waals surface area contributed by atoms with Crippen molar-refractivity contribution in [3.05, 3.63) is 0 Å². The first-order valence-electron chi connectivity index (χ1n) is 7.67. The molecule has 2 amide bonds. The molecule has 0 aromatic heterocycles. The molecule has 4 nitrogen and oxygen atoms in total. The maximum absolute atomic E-state index is 12.9. The summed E-state index contributed by atoms with van der Waals surface area (Å²) >= 11 is 0. The molecule has 2 aliphatic heterocycles. The van der Waals surface area contributed by atoms with Crippen LogP contribution < -0.4 is 0 Å². The molecule has 114 valence electrons. The van der Waals surface area contributed by atoms with E-state index in [1.807, 2.05) is 20.8 Å². The third kappa shape index (κ3) is 2.62. The zero-order valence-corrected chi connectivity index (χ0v) is 13.7. The zero-order valence-electron chi connectivity index (χ0n) is 13.7. The molecule has 0 aliphatic carbocycles. The molecule has 0 spiro atoms. The lowest BCUT2D eigenvalue weighted by Crippen LogP contribution is -2.67. The second-order valence-electron chi connectivity index (χ2n) is 8.15. The molecule has 2 atom stereocenters. The number of carbonyl (C=O) groups is 2. The number of hydrogen-bond acceptors (Lipinski definition) is 3. The summed E-state index contributed by atoms with van der Waals surface area (Å²) in [6.45, 7) is 13.2. The van der Waals surface area contributed by atoms with Crippen LogP contribution in [0.15, 0.2) is 0 Å². The van der Waals surface area contributed by atoms with E-state index in [0.717, 1.165) is 19.4 Å². The van der Waals surface area contributed by atoms with E-state index in [2.05, 4.69) is 25.7 Å². The van der Waals surface area contributed by atoms with Crippen molar-refractivity contribution in [2.24, 2.45) is 5.92 Å². The van der Waals surface area contributed by atoms with Crippen LogP contribution in [0.3, 0.4) is 0 Å². The summed E-state index contributed by atoms with van der Waals surface area (Å²) in [5.41, 5.74) is -0.469. The molecule has 2 fully saturated rings. The lowest BCUT2D eigenvalue weighted by Gasteiger charge is -2.52. The Balaban J connectivity index is 2.36. The lowest BCUT2D eigenvalue weighted by molar-refractivity contribution is -0.167. The standard InChI is InChI=1S/C16H28N2O2/c1-15(2,3)17-9-7-8-11-10-12(19)18(16(4,5)6)14(20)13(11)17/h11,13H,7-10H2,1-6H3. The molecule has 20 heavy (non-hydrogen) atoms. The highest BCUT2D eigenvalue weighted by Gasteiger charge is 2.50. The highest BCUT2D eigenvalue weighted by molar-refractivity contribution is 6.01. The van der Waals surface area contributed by atoms with Crippen molar-refractivity contribution in [1.29, 1.82) is 0 Å². The molecule has 2 heterocycles. The van der Waals surface area contributed by atoms with Gasteiger partial charge in [-0.3, -0.25) is 19.4 Å². The van der Waals surface area contributed by atoms with Crippen molar-refractivity contribution >= 4 is 11.8 Å². The van der Waals surface area contributed by atoms with Crippen LogP contribution in [0.4, 0.5) is 0 Å². The molecular weight excluding hydrogens is 252 g/mol. The van der Waals surface area contributed by atoms with E-state index in [0.29, 0.717) is 6.42 Å². The number of nitrogens with zero attached hydrogens (tertiary/aromatic N) is 2. The SMILES string of the molecule is CC(C)(C)N1C(=O)CC2CCCN(C(C)(C)C)C2C1=O. The topological polar surface area (TPSA) is 40.6 Å². The van der Waals surface area contributed by atoms with E-state index in [4.69, 9.17) is 0 Å². The van der Waals surface area contributed by atoms with Crippen LogP contribution in [-0.4, -0.2) is 45.3 Å². The van der Waals surface area contributed by atoms with Crippen molar-refractivity contribution in [2.45, 2.75) is 77.9 Å². The van der Waals surface area contributed by atoms with Gasteiger partial charge in [0.25, 0.3) is 0 Å². The largest absolute Gasteiger partial charge is 0.287 e. The number of amides is 2. The number of piperidine rings is 2. The minimum Gasteiger partial charge on any atom is -0.287 e. The average Bonchev–Trinajstić information content (AvgIpc) is 2.24. The van der Waals surface area contributed by atoms with Gasteiger partial charge in [-0.25, -0.2) is 0 Å². The molecule has 0 N–H and O–H groups in total. The van der Waals surface area contributed by atoms with Crippen LogP contribution in [0, 0.1) is 5.92 Å². The van der Waals surface area contributed by atoms with Gasteiger partial charge in [0.2, 0.25) is 11.8 Å². The zero-order chi connectivity index (χ0) is 15.3. The molecule has 2 rings (SSSR count). The van der Waals surface area contributed by atoms with Gasteiger partial charge in [0.1, 0.15) is 0 Å². The first kappa shape index (κ1) is 15.5. The van der Waals surface area contributed by atoms with Crippen LogP contribution in [-0.2, 0) is 9.59 Å². The van der Waals surface area contributed by atoms with Gasteiger partial charge in [-0.1, -0.05) is 0 Å². The van der Waals surface area contributed by atoms with Gasteiger partial charge in [-0.2, -0.15) is 0 Å². The van der Waals surface area contributed by atoms with Crippen molar-refractivity contribution in [3.8, 4) is 0 Å². The van der Waals surface area contributed by atoms with E-state index in [9.17, 15) is 9.59 Å². The summed E-state index contributed by atoms with van der Waals surface area (Å²) in [5.74, 6) is 0.203. The second-order valence-corrected chi connectivity index (χ2v) is 8.15. The Labute approximate surface area is 122 Å². The van der Waals surface area contributed by atoms with E-state index >= 15 is 0 Å². The predicted molar refractivity (Wildman–Crippen MR) is 79.2 cm³/mol. The van der Waals surface area contributed by atoms with Crippen molar-refractivity contribution in [2.75, 3.05) is 6.54 Å². The molecule has 2 aliphatic rings. The van der Waals surface area contributed by atoms with Gasteiger partial charge in [0.15, 0.2) is 0 Å². The minimum atomic E-state index is -0.430. The fourth-order valence-corrected chi connectivity index (χ4v) is 3.65. The molecule has 4 heteroatoms. The number of likely N-dealkylation sites (tertiary alicyclic amines) is 2. The Morgan fingerprint density at radius 2 is 1.60 bits per heavy atom. The van der Waals surface area contributed by atoms with Gasteiger partial charge in [-0.15, -0.1) is 0 Å². The van der Waals surface area contributed by atoms with E-state index in [-0.39, 0.29) is 29.3 Å². The highest BCUT2D eigenvalue weighted by Crippen LogP contribution is 2.37. The van der Waals surface area contributed by atoms with Crippen LogP contribution >= 0.6 is 0 Å². The van der Waals surface area contributed by atoms with Gasteiger partial charge < -0.3 is 0 Å². The van der Waals surface area contributed by atoms with Crippen molar-refractivity contribution in [3.63, 3.8) is 0 Å². The van der Waals surface area contributed by atoms with E-state index < -0.39 is 5.54 Å². The predicted octanol–water partition coefficient (Wildman–Crippen LogP) is 2.42. The van der Waals surface area contributed by atoms with Crippen molar-refractivity contribution < 1.29 is 9.59 Å². The van der Waals surface area contributed by atoms with Crippen molar-refractivity contribution in [1.82, 2.24) is 9.80 Å². The number of imide groups is 1. The van der Waals surface area contributed by atoms with Crippen LogP contribution in [0.2, 0.25) is 0 Å². The smallest absolute Gasteiger partial charge is 0.247 e. The Morgan fingerprint density at radius 1 is 1.00 bits per heavy atom. The molecule has 0 bridgehead atoms. The number of fused-ring (bicyclic) bond motifs is 1. The average molecular weight is 280 g/mol. The number of carbonyl (C=O) groups excluding carboxylic acids is 2. The molecule has 0 saturated carbocycles. The van der Waals surface area contributed by atoms with Gasteiger partial charge in [0, 0.05) is 17.5 Å². The Morgan fingerprint density at radius 3 is 2.10 bits per heavy atom. The molecule has 2 saturated heterocycles. The lowest BCUT2D eigenvalue weighted by atomic mass is 9.79. The number of hydrogen-bond donors (Lipinski definition) is 0. The van der Waals surface area contributed by atoms with Gasteiger partial charge in [-0.05, 0) is 66.8 Å². The quantitative estimate of drug-likeness (QED) is 0.640. The van der Waals surface area contributed by atoms with Crippen LogP contribution in [0.5, 0.6) is 0 Å². The van der Waals surface area contributed by atoms with Gasteiger partial charge >= 0.3 is 0 Å². The third-order valence-electron chi connectivity index (χ3n) is 4.45. The monoisotopic (exact) mass is 280 g/mol. The molecular formula is C16H28N2O2. The first-order valence-corrected chi connectivity index (χ1v) is 7.67. The highest BCUT2D eigenvalue weighted by atomic mass is 16.2. The summed E-state index contributed by atoms with van der Waals surface area (Å²) in [7, 11) is 0. The maximum atomic E-state index is 12.9.